The summed E-state index contributed by atoms with van der Waals surface area (Å²) in [6, 6.07) is 21.7. The number of hydrogen-bond acceptors (Lipinski definition) is 2. The zero-order chi connectivity index (χ0) is 17.7. The fourth-order valence-electron chi connectivity index (χ4n) is 3.92. The van der Waals surface area contributed by atoms with Crippen molar-refractivity contribution in [1.82, 2.24) is 4.98 Å². The summed E-state index contributed by atoms with van der Waals surface area (Å²) in [5, 5.41) is 3.48. The molecule has 1 nitrogen and oxygen atoms in total. The molecule has 1 radical (unpaired) electrons. The third-order valence-electron chi connectivity index (χ3n) is 5.16. The van der Waals surface area contributed by atoms with Crippen LogP contribution in [0.25, 0.3) is 43.6 Å². The van der Waals surface area contributed by atoms with Gasteiger partial charge < -0.3 is 24.8 Å². The summed E-state index contributed by atoms with van der Waals surface area (Å²) in [7, 11) is 0. The Kier molecular flexibility index (Phi) is 7.63. The Morgan fingerprint density at radius 1 is 0.759 bits per heavy atom. The maximum absolute atomic E-state index is 4.71. The Morgan fingerprint density at radius 2 is 1.41 bits per heavy atom. The van der Waals surface area contributed by atoms with Gasteiger partial charge in [0.2, 0.25) is 0 Å². The Morgan fingerprint density at radius 3 is 2.21 bits per heavy atom. The molecule has 145 valence electrons. The Labute approximate surface area is 198 Å². The molecule has 29 heavy (non-hydrogen) atoms. The molecule has 0 unspecified atom stereocenters. The van der Waals surface area contributed by atoms with Gasteiger partial charge in [0.15, 0.2) is 0 Å². The standard InChI is InChI=1S/C24H18NS.2ClH.Cr/c1-15-11-12-16(2)23(20-14-26-21-10-4-8-18(20)21)22(15)19-9-3-6-17-7-5-13-25-24(17)19;;;/h3-14H,1-2H3;2*1H;/q-1;;;+3/p-2. The summed E-state index contributed by atoms with van der Waals surface area (Å²) in [4.78, 5) is 6.06. The number of hydrogen-bond donors (Lipinski definition) is 0. The predicted molar refractivity (Wildman–Crippen MR) is 112 cm³/mol. The Hall–Kier alpha value is -1.73. The largest absolute Gasteiger partial charge is 3.00 e. The van der Waals surface area contributed by atoms with Gasteiger partial charge >= 0.3 is 17.4 Å². The molecular formula is C24H18Cl2CrNS. The molecule has 1 aromatic heterocycles. The molecule has 3 aromatic rings. The van der Waals surface area contributed by atoms with Crippen molar-refractivity contribution in [3.63, 3.8) is 0 Å². The van der Waals surface area contributed by atoms with Crippen LogP contribution in [0.3, 0.4) is 0 Å². The molecule has 1 aliphatic heterocycles. The first kappa shape index (κ1) is 23.6. The summed E-state index contributed by atoms with van der Waals surface area (Å²) >= 11 is 1.82. The molecular weight excluding hydrogens is 457 g/mol. The number of aryl methyl sites for hydroxylation is 2. The average Bonchev–Trinajstić information content (AvgIpc) is 3.27. The summed E-state index contributed by atoms with van der Waals surface area (Å²) in [6.07, 6.45) is 1.89. The fraction of sp³-hybridized carbons (Fsp3) is 0.0833. The number of aromatic nitrogens is 1. The molecule has 0 saturated carbocycles. The van der Waals surface area contributed by atoms with Crippen LogP contribution in [0.2, 0.25) is 0 Å². The fourth-order valence-corrected chi connectivity index (χ4v) is 4.87. The quantitative estimate of drug-likeness (QED) is 0.349. The molecule has 5 heteroatoms. The minimum atomic E-state index is 0. The Balaban J connectivity index is 0.000001000. The first-order chi connectivity index (χ1) is 12.7. The zero-order valence-electron chi connectivity index (χ0n) is 15.9. The molecule has 0 bridgehead atoms. The van der Waals surface area contributed by atoms with Gasteiger partial charge in [-0.1, -0.05) is 75.5 Å². The number of thiophene rings is 1. The maximum atomic E-state index is 4.71. The van der Waals surface area contributed by atoms with Gasteiger partial charge in [0.05, 0.1) is 5.52 Å². The number of benzene rings is 2. The van der Waals surface area contributed by atoms with Gasteiger partial charge in [-0.15, -0.1) is 17.2 Å². The van der Waals surface area contributed by atoms with Gasteiger partial charge in [0, 0.05) is 11.6 Å². The number of halogens is 2. The van der Waals surface area contributed by atoms with Crippen LogP contribution >= 0.6 is 11.3 Å². The summed E-state index contributed by atoms with van der Waals surface area (Å²) in [5.74, 6) is 0. The van der Waals surface area contributed by atoms with E-state index in [2.05, 4.69) is 73.8 Å². The van der Waals surface area contributed by atoms with Gasteiger partial charge in [-0.05, 0) is 31.0 Å². The van der Waals surface area contributed by atoms with Crippen LogP contribution in [-0.2, 0) is 17.4 Å². The SMILES string of the molecule is Cc1ccc(C)c(-c2cccc3cccnc23)c1-c1[cH-]sc2cccc1-2.[Cl-].[Cl-].[Cr+3]. The first-order valence-corrected chi connectivity index (χ1v) is 9.69. The van der Waals surface area contributed by atoms with Crippen LogP contribution in [0.5, 0.6) is 0 Å². The first-order valence-electron chi connectivity index (χ1n) is 8.81. The molecule has 0 saturated heterocycles. The van der Waals surface area contributed by atoms with Crippen LogP contribution in [-0.4, -0.2) is 4.98 Å². The van der Waals surface area contributed by atoms with Crippen LogP contribution in [0.15, 0.2) is 72.2 Å². The van der Waals surface area contributed by atoms with Crippen LogP contribution < -0.4 is 24.8 Å². The van der Waals surface area contributed by atoms with E-state index in [1.165, 1.54) is 49.2 Å². The van der Waals surface area contributed by atoms with E-state index in [0.717, 1.165) is 5.52 Å². The van der Waals surface area contributed by atoms with Gasteiger partial charge in [0.1, 0.15) is 0 Å². The van der Waals surface area contributed by atoms with Crippen molar-refractivity contribution in [1.29, 1.82) is 0 Å². The van der Waals surface area contributed by atoms with Crippen LogP contribution in [0, 0.1) is 13.8 Å². The van der Waals surface area contributed by atoms with E-state index < -0.39 is 0 Å². The van der Waals surface area contributed by atoms with E-state index in [1.807, 2.05) is 23.6 Å². The van der Waals surface area contributed by atoms with E-state index in [0.29, 0.717) is 0 Å². The Bertz CT molecular complexity index is 1220. The van der Waals surface area contributed by atoms with E-state index in [4.69, 9.17) is 4.98 Å². The molecule has 1 aliphatic carbocycles. The minimum absolute atomic E-state index is 0. The third-order valence-corrected chi connectivity index (χ3v) is 6.13. The van der Waals surface area contributed by atoms with Crippen molar-refractivity contribution in [3.8, 4) is 32.7 Å². The van der Waals surface area contributed by atoms with Crippen molar-refractivity contribution in [2.45, 2.75) is 13.8 Å². The van der Waals surface area contributed by atoms with Crippen molar-refractivity contribution < 1.29 is 42.2 Å². The second kappa shape index (κ2) is 9.39. The van der Waals surface area contributed by atoms with E-state index in [-0.39, 0.29) is 42.2 Å². The number of rotatable bonds is 2. The van der Waals surface area contributed by atoms with Gasteiger partial charge in [-0.2, -0.15) is 0 Å². The predicted octanol–water partition coefficient (Wildman–Crippen LogP) is 1.08. The molecule has 0 amide bonds. The third kappa shape index (κ3) is 3.87. The molecule has 2 aliphatic rings. The van der Waals surface area contributed by atoms with Crippen LogP contribution in [0.1, 0.15) is 11.1 Å². The molecule has 0 N–H and O–H groups in total. The van der Waals surface area contributed by atoms with Gasteiger partial charge in [-0.3, -0.25) is 16.3 Å². The van der Waals surface area contributed by atoms with Crippen molar-refractivity contribution in [2.24, 2.45) is 0 Å². The molecule has 0 atom stereocenters. The second-order valence-electron chi connectivity index (χ2n) is 6.78. The van der Waals surface area contributed by atoms with Gasteiger partial charge in [0.25, 0.3) is 0 Å². The molecule has 2 aromatic carbocycles. The topological polar surface area (TPSA) is 12.9 Å². The monoisotopic (exact) mass is 474 g/mol. The van der Waals surface area contributed by atoms with E-state index in [9.17, 15) is 0 Å². The normalized spacial score (nSPS) is 10.3. The number of para-hydroxylation sites is 1. The summed E-state index contributed by atoms with van der Waals surface area (Å²) < 4.78 is 0. The summed E-state index contributed by atoms with van der Waals surface area (Å²) in [6.45, 7) is 4.41. The van der Waals surface area contributed by atoms with Crippen molar-refractivity contribution in [3.05, 3.63) is 83.4 Å². The van der Waals surface area contributed by atoms with E-state index in [1.54, 1.807) is 0 Å². The van der Waals surface area contributed by atoms with Gasteiger partial charge in [-0.25, -0.2) is 0 Å². The van der Waals surface area contributed by atoms with E-state index >= 15 is 0 Å². The van der Waals surface area contributed by atoms with Crippen LogP contribution in [0.4, 0.5) is 0 Å². The number of nitrogens with zero attached hydrogens (tertiary/aromatic N) is 1. The minimum Gasteiger partial charge on any atom is -1.00 e. The number of fused-ring (bicyclic) bond motifs is 2. The van der Waals surface area contributed by atoms with Crippen molar-refractivity contribution >= 4 is 22.2 Å². The molecule has 0 spiro atoms. The molecule has 5 rings (SSSR count). The molecule has 0 fully saturated rings. The maximum Gasteiger partial charge on any atom is 3.00 e. The number of pyridine rings is 1. The zero-order valence-corrected chi connectivity index (χ0v) is 19.6. The summed E-state index contributed by atoms with van der Waals surface area (Å²) in [5.41, 5.74) is 10.2. The average molecular weight is 475 g/mol. The van der Waals surface area contributed by atoms with Crippen molar-refractivity contribution in [2.75, 3.05) is 0 Å². The smallest absolute Gasteiger partial charge is 1.00 e. The second-order valence-corrected chi connectivity index (χ2v) is 7.69. The molecule has 2 heterocycles.